The number of halogens is 3. The summed E-state index contributed by atoms with van der Waals surface area (Å²) in [4.78, 5) is 23.3. The lowest BCUT2D eigenvalue weighted by Crippen LogP contribution is -2.24. The Morgan fingerprint density at radius 2 is 1.82 bits per heavy atom. The molecule has 0 aromatic heterocycles. The second kappa shape index (κ2) is 9.07. The van der Waals surface area contributed by atoms with Gasteiger partial charge < -0.3 is 15.4 Å². The SMILES string of the molecule is CC(=O)Nc1cccc(C(C)NC(=O)C=Cc2ccccc2OC(F)(F)F)c1. The number of anilines is 1. The monoisotopic (exact) mass is 392 g/mol. The minimum atomic E-state index is -4.82. The number of hydrogen-bond acceptors (Lipinski definition) is 3. The average molecular weight is 392 g/mol. The maximum absolute atomic E-state index is 12.4. The lowest BCUT2D eigenvalue weighted by molar-refractivity contribution is -0.274. The van der Waals surface area contributed by atoms with Crippen molar-refractivity contribution < 1.29 is 27.5 Å². The number of benzene rings is 2. The molecule has 1 atom stereocenters. The van der Waals surface area contributed by atoms with E-state index in [4.69, 9.17) is 0 Å². The van der Waals surface area contributed by atoms with Gasteiger partial charge in [0.15, 0.2) is 0 Å². The summed E-state index contributed by atoms with van der Waals surface area (Å²) in [5, 5.41) is 5.37. The Morgan fingerprint density at radius 3 is 2.50 bits per heavy atom. The van der Waals surface area contributed by atoms with Gasteiger partial charge in [-0.1, -0.05) is 30.3 Å². The standard InChI is InChI=1S/C20H19F3N2O3/c1-13(16-7-5-8-17(12-16)25-14(2)26)24-19(27)11-10-15-6-3-4-9-18(15)28-20(21,22)23/h3-13H,1-2H3,(H,24,27)(H,25,26). The molecule has 0 radical (unpaired) electrons. The van der Waals surface area contributed by atoms with E-state index in [1.807, 2.05) is 0 Å². The van der Waals surface area contributed by atoms with Crippen molar-refractivity contribution in [1.29, 1.82) is 0 Å². The van der Waals surface area contributed by atoms with Crippen LogP contribution in [-0.4, -0.2) is 18.2 Å². The van der Waals surface area contributed by atoms with E-state index in [9.17, 15) is 22.8 Å². The first-order valence-corrected chi connectivity index (χ1v) is 8.35. The average Bonchev–Trinajstić information content (AvgIpc) is 2.59. The van der Waals surface area contributed by atoms with Crippen LogP contribution in [0.15, 0.2) is 54.6 Å². The van der Waals surface area contributed by atoms with Gasteiger partial charge in [-0.3, -0.25) is 9.59 Å². The van der Waals surface area contributed by atoms with Crippen molar-refractivity contribution in [3.05, 3.63) is 65.7 Å². The zero-order chi connectivity index (χ0) is 20.7. The summed E-state index contributed by atoms with van der Waals surface area (Å²) in [6.45, 7) is 3.14. The van der Waals surface area contributed by atoms with Gasteiger partial charge in [0, 0.05) is 24.3 Å². The van der Waals surface area contributed by atoms with Crippen LogP contribution in [0.25, 0.3) is 6.08 Å². The van der Waals surface area contributed by atoms with Crippen LogP contribution >= 0.6 is 0 Å². The van der Waals surface area contributed by atoms with Gasteiger partial charge in [0.1, 0.15) is 5.75 Å². The molecule has 2 aromatic carbocycles. The molecule has 0 saturated heterocycles. The predicted molar refractivity (Wildman–Crippen MR) is 99.5 cm³/mol. The Morgan fingerprint density at radius 1 is 1.11 bits per heavy atom. The summed E-state index contributed by atoms with van der Waals surface area (Å²) in [5.74, 6) is -1.09. The van der Waals surface area contributed by atoms with Gasteiger partial charge in [-0.2, -0.15) is 0 Å². The van der Waals surface area contributed by atoms with E-state index in [1.165, 1.54) is 37.3 Å². The van der Waals surface area contributed by atoms with Crippen LogP contribution in [0, 0.1) is 0 Å². The maximum Gasteiger partial charge on any atom is 0.573 e. The molecule has 2 aromatic rings. The number of para-hydroxylation sites is 1. The molecular formula is C20H19F3N2O3. The topological polar surface area (TPSA) is 67.4 Å². The second-order valence-electron chi connectivity index (χ2n) is 5.96. The van der Waals surface area contributed by atoms with Gasteiger partial charge in [0.05, 0.1) is 6.04 Å². The van der Waals surface area contributed by atoms with E-state index < -0.39 is 18.0 Å². The van der Waals surface area contributed by atoms with Gasteiger partial charge >= 0.3 is 6.36 Å². The first-order chi connectivity index (χ1) is 13.1. The molecule has 0 aliphatic rings. The molecule has 2 rings (SSSR count). The quantitative estimate of drug-likeness (QED) is 0.715. The van der Waals surface area contributed by atoms with Crippen molar-refractivity contribution in [2.45, 2.75) is 26.3 Å². The summed E-state index contributed by atoms with van der Waals surface area (Å²) in [7, 11) is 0. The third-order valence-corrected chi connectivity index (χ3v) is 3.62. The zero-order valence-corrected chi connectivity index (χ0v) is 15.2. The van der Waals surface area contributed by atoms with Gasteiger partial charge in [-0.25, -0.2) is 0 Å². The molecule has 148 valence electrons. The summed E-state index contributed by atoms with van der Waals surface area (Å²) in [6, 6.07) is 12.1. The van der Waals surface area contributed by atoms with Crippen molar-refractivity contribution in [1.82, 2.24) is 5.32 Å². The number of amides is 2. The Balaban J connectivity index is 2.05. The summed E-state index contributed by atoms with van der Waals surface area (Å²) in [6.07, 6.45) is -2.44. The highest BCUT2D eigenvalue weighted by molar-refractivity contribution is 5.92. The molecule has 5 nitrogen and oxygen atoms in total. The van der Waals surface area contributed by atoms with E-state index in [0.717, 1.165) is 11.6 Å². The molecular weight excluding hydrogens is 373 g/mol. The van der Waals surface area contributed by atoms with Crippen LogP contribution < -0.4 is 15.4 Å². The fourth-order valence-corrected chi connectivity index (χ4v) is 2.44. The van der Waals surface area contributed by atoms with Gasteiger partial charge in [-0.05, 0) is 36.8 Å². The Hall–Kier alpha value is -3.29. The lowest BCUT2D eigenvalue weighted by Gasteiger charge is -2.14. The van der Waals surface area contributed by atoms with Crippen molar-refractivity contribution in [3.63, 3.8) is 0 Å². The van der Waals surface area contributed by atoms with E-state index in [0.29, 0.717) is 5.69 Å². The Labute approximate surface area is 160 Å². The Bertz CT molecular complexity index is 879. The molecule has 0 heterocycles. The van der Waals surface area contributed by atoms with Crippen LogP contribution in [0.4, 0.5) is 18.9 Å². The smallest absolute Gasteiger partial charge is 0.405 e. The summed E-state index contributed by atoms with van der Waals surface area (Å²) >= 11 is 0. The molecule has 0 aliphatic heterocycles. The number of carbonyl (C=O) groups is 2. The minimum Gasteiger partial charge on any atom is -0.405 e. The number of hydrogen-bond donors (Lipinski definition) is 2. The molecule has 0 spiro atoms. The number of nitrogens with one attached hydrogen (secondary N) is 2. The minimum absolute atomic E-state index is 0.121. The molecule has 2 N–H and O–H groups in total. The first kappa shape index (κ1) is 21.0. The highest BCUT2D eigenvalue weighted by Gasteiger charge is 2.31. The molecule has 8 heteroatoms. The first-order valence-electron chi connectivity index (χ1n) is 8.35. The van der Waals surface area contributed by atoms with Crippen molar-refractivity contribution in [2.75, 3.05) is 5.32 Å². The fourth-order valence-electron chi connectivity index (χ4n) is 2.44. The molecule has 0 fully saturated rings. The van der Waals surface area contributed by atoms with E-state index in [1.54, 1.807) is 31.2 Å². The lowest BCUT2D eigenvalue weighted by atomic mass is 10.1. The maximum atomic E-state index is 12.4. The highest BCUT2D eigenvalue weighted by atomic mass is 19.4. The van der Waals surface area contributed by atoms with Crippen molar-refractivity contribution >= 4 is 23.6 Å². The summed E-state index contributed by atoms with van der Waals surface area (Å²) < 4.78 is 41.3. The third kappa shape index (κ3) is 6.79. The predicted octanol–water partition coefficient (Wildman–Crippen LogP) is 4.43. The molecule has 0 saturated carbocycles. The number of alkyl halides is 3. The highest BCUT2D eigenvalue weighted by Crippen LogP contribution is 2.27. The van der Waals surface area contributed by atoms with Crippen molar-refractivity contribution in [3.8, 4) is 5.75 Å². The van der Waals surface area contributed by atoms with Crippen LogP contribution in [0.5, 0.6) is 5.75 Å². The number of carbonyl (C=O) groups excluding carboxylic acids is 2. The molecule has 1 unspecified atom stereocenters. The number of rotatable bonds is 6. The van der Waals surface area contributed by atoms with Gasteiger partial charge in [-0.15, -0.1) is 13.2 Å². The molecule has 0 bridgehead atoms. The third-order valence-electron chi connectivity index (χ3n) is 3.62. The van der Waals surface area contributed by atoms with Crippen LogP contribution in [0.2, 0.25) is 0 Å². The molecule has 28 heavy (non-hydrogen) atoms. The summed E-state index contributed by atoms with van der Waals surface area (Å²) in [5.41, 5.74) is 1.48. The van der Waals surface area contributed by atoms with Crippen LogP contribution in [-0.2, 0) is 9.59 Å². The second-order valence-corrected chi connectivity index (χ2v) is 5.96. The van der Waals surface area contributed by atoms with Crippen molar-refractivity contribution in [2.24, 2.45) is 0 Å². The molecule has 2 amide bonds. The van der Waals surface area contributed by atoms with Gasteiger partial charge in [0.25, 0.3) is 0 Å². The van der Waals surface area contributed by atoms with Gasteiger partial charge in [0.2, 0.25) is 11.8 Å². The fraction of sp³-hybridized carbons (Fsp3) is 0.200. The zero-order valence-electron chi connectivity index (χ0n) is 15.2. The Kier molecular flexibility index (Phi) is 6.81. The van der Waals surface area contributed by atoms with E-state index in [2.05, 4.69) is 15.4 Å². The van der Waals surface area contributed by atoms with E-state index >= 15 is 0 Å². The van der Waals surface area contributed by atoms with E-state index in [-0.39, 0.29) is 17.5 Å². The number of ether oxygens (including phenoxy) is 1. The molecule has 0 aliphatic carbocycles. The van der Waals surface area contributed by atoms with Crippen LogP contribution in [0.3, 0.4) is 0 Å². The van der Waals surface area contributed by atoms with Crippen LogP contribution in [0.1, 0.15) is 31.0 Å². The largest absolute Gasteiger partial charge is 0.573 e. The normalized spacial score (nSPS) is 12.5.